The van der Waals surface area contributed by atoms with E-state index in [4.69, 9.17) is 0 Å². The molecule has 0 bridgehead atoms. The molecule has 88 valence electrons. The van der Waals surface area contributed by atoms with Gasteiger partial charge in [0.05, 0.1) is 0 Å². The van der Waals surface area contributed by atoms with Crippen molar-refractivity contribution in [2.75, 3.05) is 0 Å². The van der Waals surface area contributed by atoms with Crippen molar-refractivity contribution in [1.29, 1.82) is 0 Å². The van der Waals surface area contributed by atoms with Crippen LogP contribution in [-0.4, -0.2) is 0 Å². The molecule has 0 heteroatoms. The minimum atomic E-state index is 1.24. The lowest BCUT2D eigenvalue weighted by Crippen LogP contribution is -1.73. The molecule has 0 saturated carbocycles. The predicted octanol–water partition coefficient (Wildman–Crippen LogP) is 5.69. The average molecular weight is 208 g/mol. The van der Waals surface area contributed by atoms with Crippen LogP contribution < -0.4 is 0 Å². The largest absolute Gasteiger partial charge is 0.0988 e. The predicted molar refractivity (Wildman–Crippen MR) is 75.2 cm³/mol. The van der Waals surface area contributed by atoms with Crippen molar-refractivity contribution in [2.24, 2.45) is 0 Å². The molecular weight excluding hydrogens is 180 g/mol. The lowest BCUT2D eigenvalue weighted by Gasteiger charge is -1.93. The van der Waals surface area contributed by atoms with Crippen LogP contribution in [0.25, 0.3) is 0 Å². The standard InChI is InChI=1S/C9H14.C4H8.C2H6/c1-5-7-9(4)8(3)6-2;1-3-4-2;1-2/h5-7H,2H2,1,3-4H3;3-4H,1-2H3;1-2H3/b7-5-,9-8-;4-3-;. The quantitative estimate of drug-likeness (QED) is 0.404. The van der Waals surface area contributed by atoms with Crippen LogP contribution >= 0.6 is 0 Å². The van der Waals surface area contributed by atoms with Crippen molar-refractivity contribution in [2.45, 2.75) is 48.5 Å². The summed E-state index contributed by atoms with van der Waals surface area (Å²) >= 11 is 0. The molecule has 0 radical (unpaired) electrons. The molecule has 0 N–H and O–H groups in total. The molecule has 0 aromatic rings. The Kier molecular flexibility index (Phi) is 24.3. The molecule has 0 spiro atoms. The summed E-state index contributed by atoms with van der Waals surface area (Å²) in [5.41, 5.74) is 2.53. The zero-order chi connectivity index (χ0) is 12.7. The molecule has 0 saturated heterocycles. The van der Waals surface area contributed by atoms with Crippen molar-refractivity contribution in [3.63, 3.8) is 0 Å². The Labute approximate surface area is 97.1 Å². The zero-order valence-corrected chi connectivity index (χ0v) is 11.6. The third kappa shape index (κ3) is 19.4. The third-order valence-electron chi connectivity index (χ3n) is 1.68. The van der Waals surface area contributed by atoms with Gasteiger partial charge < -0.3 is 0 Å². The van der Waals surface area contributed by atoms with E-state index in [0.29, 0.717) is 0 Å². The van der Waals surface area contributed by atoms with E-state index in [-0.39, 0.29) is 0 Å². The summed E-state index contributed by atoms with van der Waals surface area (Å²) in [6, 6.07) is 0. The SMILES string of the molecule is C/C=C\C.C=C/C(C)=C(C)\C=C/C.CC. The minimum Gasteiger partial charge on any atom is -0.0988 e. The van der Waals surface area contributed by atoms with E-state index < -0.39 is 0 Å². The normalized spacial score (nSPS) is 11.1. The van der Waals surface area contributed by atoms with Crippen LogP contribution in [0.5, 0.6) is 0 Å². The smallest absolute Gasteiger partial charge is 0.0395 e. The summed E-state index contributed by atoms with van der Waals surface area (Å²) in [5.74, 6) is 0. The highest BCUT2D eigenvalue weighted by atomic mass is 13.9. The summed E-state index contributed by atoms with van der Waals surface area (Å²) < 4.78 is 0. The Balaban J connectivity index is -0.000000202. The maximum Gasteiger partial charge on any atom is -0.0395 e. The fourth-order valence-electron chi connectivity index (χ4n) is 0.542. The molecule has 0 fully saturated rings. The Hall–Kier alpha value is -1.04. The fourth-order valence-corrected chi connectivity index (χ4v) is 0.542. The highest BCUT2D eigenvalue weighted by Crippen LogP contribution is 2.04. The van der Waals surface area contributed by atoms with Gasteiger partial charge in [-0.05, 0) is 45.8 Å². The van der Waals surface area contributed by atoms with Crippen molar-refractivity contribution >= 4 is 0 Å². The van der Waals surface area contributed by atoms with Gasteiger partial charge >= 0.3 is 0 Å². The molecule has 0 amide bonds. The molecule has 0 aromatic heterocycles. The van der Waals surface area contributed by atoms with Gasteiger partial charge in [-0.1, -0.05) is 50.8 Å². The van der Waals surface area contributed by atoms with Gasteiger partial charge in [-0.15, -0.1) is 0 Å². The molecule has 0 aliphatic rings. The van der Waals surface area contributed by atoms with E-state index in [1.165, 1.54) is 11.1 Å². The van der Waals surface area contributed by atoms with Crippen molar-refractivity contribution < 1.29 is 0 Å². The van der Waals surface area contributed by atoms with E-state index in [0.717, 1.165) is 0 Å². The van der Waals surface area contributed by atoms with Crippen LogP contribution in [0.3, 0.4) is 0 Å². The number of hydrogen-bond donors (Lipinski definition) is 0. The number of allylic oxidation sites excluding steroid dienone is 7. The molecule has 0 aromatic carbocycles. The molecule has 0 aliphatic carbocycles. The van der Waals surface area contributed by atoms with Crippen LogP contribution in [0.4, 0.5) is 0 Å². The van der Waals surface area contributed by atoms with Gasteiger partial charge in [0.1, 0.15) is 0 Å². The van der Waals surface area contributed by atoms with Crippen LogP contribution in [0.15, 0.2) is 48.1 Å². The van der Waals surface area contributed by atoms with Gasteiger partial charge in [0.25, 0.3) is 0 Å². The van der Waals surface area contributed by atoms with Gasteiger partial charge in [-0.3, -0.25) is 0 Å². The Morgan fingerprint density at radius 3 is 1.40 bits per heavy atom. The molecule has 0 aliphatic heterocycles. The first-order chi connectivity index (χ1) is 7.13. The molecule has 0 unspecified atom stereocenters. The van der Waals surface area contributed by atoms with Crippen LogP contribution in [0, 0.1) is 0 Å². The molecule has 15 heavy (non-hydrogen) atoms. The lowest BCUT2D eigenvalue weighted by atomic mass is 10.1. The first-order valence-corrected chi connectivity index (χ1v) is 5.63. The summed E-state index contributed by atoms with van der Waals surface area (Å²) in [6.07, 6.45) is 9.98. The Morgan fingerprint density at radius 2 is 1.20 bits per heavy atom. The summed E-state index contributed by atoms with van der Waals surface area (Å²) in [5, 5.41) is 0. The highest BCUT2D eigenvalue weighted by Gasteiger charge is 1.83. The monoisotopic (exact) mass is 208 g/mol. The van der Waals surface area contributed by atoms with Gasteiger partial charge in [0.15, 0.2) is 0 Å². The third-order valence-corrected chi connectivity index (χ3v) is 1.68. The van der Waals surface area contributed by atoms with Gasteiger partial charge in [0.2, 0.25) is 0 Å². The first kappa shape index (κ1) is 19.5. The molecule has 0 nitrogen and oxygen atoms in total. The van der Waals surface area contributed by atoms with Crippen LogP contribution in [0.2, 0.25) is 0 Å². The van der Waals surface area contributed by atoms with Gasteiger partial charge in [-0.2, -0.15) is 0 Å². The highest BCUT2D eigenvalue weighted by molar-refractivity contribution is 5.28. The summed E-state index contributed by atoms with van der Waals surface area (Å²) in [7, 11) is 0. The van der Waals surface area contributed by atoms with E-state index in [9.17, 15) is 0 Å². The molecular formula is C15H28. The minimum absolute atomic E-state index is 1.24. The van der Waals surface area contributed by atoms with Crippen LogP contribution in [-0.2, 0) is 0 Å². The Bertz CT molecular complexity index is 198. The molecule has 0 heterocycles. The van der Waals surface area contributed by atoms with Gasteiger partial charge in [0, 0.05) is 0 Å². The molecule has 0 rings (SSSR count). The topological polar surface area (TPSA) is 0 Å². The second kappa shape index (κ2) is 18.7. The van der Waals surface area contributed by atoms with E-state index in [1.807, 2.05) is 58.9 Å². The number of rotatable bonds is 2. The van der Waals surface area contributed by atoms with Crippen molar-refractivity contribution in [1.82, 2.24) is 0 Å². The second-order valence-corrected chi connectivity index (χ2v) is 2.74. The molecule has 0 atom stereocenters. The Morgan fingerprint density at radius 1 is 0.800 bits per heavy atom. The fraction of sp³-hybridized carbons (Fsp3) is 0.467. The second-order valence-electron chi connectivity index (χ2n) is 2.74. The first-order valence-electron chi connectivity index (χ1n) is 5.63. The van der Waals surface area contributed by atoms with E-state index in [1.54, 1.807) is 0 Å². The number of hydrogen-bond acceptors (Lipinski definition) is 0. The van der Waals surface area contributed by atoms with Crippen LogP contribution in [0.1, 0.15) is 48.5 Å². The van der Waals surface area contributed by atoms with E-state index in [2.05, 4.69) is 26.5 Å². The van der Waals surface area contributed by atoms with E-state index >= 15 is 0 Å². The summed E-state index contributed by atoms with van der Waals surface area (Å²) in [4.78, 5) is 0. The maximum atomic E-state index is 3.67. The lowest BCUT2D eigenvalue weighted by molar-refractivity contribution is 1.37. The summed E-state index contributed by atoms with van der Waals surface area (Å²) in [6.45, 7) is 17.8. The van der Waals surface area contributed by atoms with Crippen molar-refractivity contribution in [3.8, 4) is 0 Å². The average Bonchev–Trinajstić information content (AvgIpc) is 2.31. The van der Waals surface area contributed by atoms with Gasteiger partial charge in [-0.25, -0.2) is 0 Å². The maximum absolute atomic E-state index is 3.67. The van der Waals surface area contributed by atoms with Crippen molar-refractivity contribution in [3.05, 3.63) is 48.1 Å². The zero-order valence-electron chi connectivity index (χ0n) is 11.6.